The number of hydrogen-bond donors (Lipinski definition) is 2. The average molecular weight is 1280 g/mol. The van der Waals surface area contributed by atoms with E-state index in [1.54, 1.807) is 49.7 Å². The van der Waals surface area contributed by atoms with E-state index >= 15 is 0 Å². The quantitative estimate of drug-likeness (QED) is 0.145. The summed E-state index contributed by atoms with van der Waals surface area (Å²) in [5.41, 5.74) is 17.3. The Bertz CT molecular complexity index is 2410. The minimum absolute atomic E-state index is 0. The van der Waals surface area contributed by atoms with Crippen LogP contribution < -0.4 is 52.2 Å². The normalized spacial score (nSPS) is 15.7. The molecule has 2 unspecified atom stereocenters. The molecule has 6 aromatic carbocycles. The number of nitrogens with one attached hydrogen (secondary N) is 2. The Hall–Kier alpha value is -3.37. The Kier molecular flexibility index (Phi) is 19.7. The predicted octanol–water partition coefficient (Wildman–Crippen LogP) is 6.10. The van der Waals surface area contributed by atoms with Crippen molar-refractivity contribution in [3.05, 3.63) is 220 Å². The molecule has 0 spiro atoms. The van der Waals surface area contributed by atoms with Gasteiger partial charge in [0, 0.05) is 0 Å². The van der Waals surface area contributed by atoms with Gasteiger partial charge in [0.25, 0.3) is 0 Å². The second kappa shape index (κ2) is 24.3. The van der Waals surface area contributed by atoms with Gasteiger partial charge in [-0.15, -0.1) is 0 Å². The smallest absolute Gasteiger partial charge is 1.00 e. The SMILES string of the molecule is CC1=C(C)C(C)[C]([Hf+]([NH]c2cc(C)cc(C)c2)[SiH](c2ccccc2)c2ccccc2)=C1C.CC1=C(C)C(C)[C]([Hf+]([NH]c2cc(C)cc(C)c2)[SiH](c2ccccc2)c2ccccc2)=C1C.[Cl-].[Cl-]. The van der Waals surface area contributed by atoms with Gasteiger partial charge in [0.05, 0.1) is 0 Å². The third-order valence-electron chi connectivity index (χ3n) is 14.0. The van der Waals surface area contributed by atoms with Crippen LogP contribution in [0.2, 0.25) is 0 Å². The van der Waals surface area contributed by atoms with Crippen molar-refractivity contribution < 1.29 is 66.6 Å². The largest absolute Gasteiger partial charge is 1.00 e. The summed E-state index contributed by atoms with van der Waals surface area (Å²) < 4.78 is 12.2. The topological polar surface area (TPSA) is 24.1 Å². The molecule has 2 aliphatic carbocycles. The van der Waals surface area contributed by atoms with Gasteiger partial charge in [-0.2, -0.15) is 0 Å². The van der Waals surface area contributed by atoms with Crippen molar-refractivity contribution in [1.82, 2.24) is 0 Å². The number of benzene rings is 6. The number of anilines is 2. The van der Waals surface area contributed by atoms with E-state index in [1.807, 2.05) is 0 Å². The maximum atomic E-state index is 4.29. The monoisotopic (exact) mass is 1280 g/mol. The fourth-order valence-electron chi connectivity index (χ4n) is 10.2. The molecule has 0 saturated heterocycles. The Balaban J connectivity index is 0.000000240. The van der Waals surface area contributed by atoms with Crippen LogP contribution in [0.3, 0.4) is 0 Å². The second-order valence-corrected chi connectivity index (χ2v) is 56.4. The Labute approximate surface area is 428 Å². The molecular weight excluding hydrogens is 1210 g/mol. The van der Waals surface area contributed by atoms with Crippen LogP contribution in [0.4, 0.5) is 11.4 Å². The maximum absolute atomic E-state index is 4.29. The van der Waals surface area contributed by atoms with Gasteiger partial charge in [-0.3, -0.25) is 0 Å². The van der Waals surface area contributed by atoms with Crippen molar-refractivity contribution in [1.29, 1.82) is 0 Å². The zero-order chi connectivity index (χ0) is 45.7. The minimum Gasteiger partial charge on any atom is -1.00 e. The summed E-state index contributed by atoms with van der Waals surface area (Å²) in [6.07, 6.45) is 0. The number of hydrogen-bond acceptors (Lipinski definition) is 2. The van der Waals surface area contributed by atoms with Gasteiger partial charge in [0.15, 0.2) is 0 Å². The molecule has 8 heteroatoms. The molecule has 0 heterocycles. The van der Waals surface area contributed by atoms with E-state index in [2.05, 4.69) is 247 Å². The van der Waals surface area contributed by atoms with Crippen LogP contribution in [-0.4, -0.2) is 12.0 Å². The van der Waals surface area contributed by atoms with Crippen molar-refractivity contribution in [2.24, 2.45) is 11.8 Å². The Morgan fingerprint density at radius 1 is 0.348 bits per heavy atom. The molecule has 0 aromatic heterocycles. The number of halogens is 2. The molecule has 0 saturated carbocycles. The van der Waals surface area contributed by atoms with Gasteiger partial charge in [0.2, 0.25) is 0 Å². The molecular formula is C58H68Cl2Hf2N2Si2. The van der Waals surface area contributed by atoms with E-state index in [0.29, 0.717) is 11.8 Å². The molecule has 340 valence electrons. The van der Waals surface area contributed by atoms with Crippen LogP contribution in [-0.2, 0) is 41.8 Å². The van der Waals surface area contributed by atoms with Crippen LogP contribution >= 0.6 is 0 Å². The number of allylic oxidation sites excluding steroid dienone is 8. The van der Waals surface area contributed by atoms with E-state index in [4.69, 9.17) is 0 Å². The average Bonchev–Trinajstić information content (AvgIpc) is 3.59. The fourth-order valence-corrected chi connectivity index (χ4v) is 71.9. The molecule has 0 radical (unpaired) electrons. The molecule has 6 aromatic rings. The van der Waals surface area contributed by atoms with Crippen molar-refractivity contribution in [2.45, 2.75) is 83.1 Å². The summed E-state index contributed by atoms with van der Waals surface area (Å²) in [6.45, 7) is 27.9. The first-order valence-electron chi connectivity index (χ1n) is 23.1. The molecule has 2 aliphatic rings. The third-order valence-corrected chi connectivity index (χ3v) is 67.6. The van der Waals surface area contributed by atoms with Crippen LogP contribution in [0.5, 0.6) is 0 Å². The van der Waals surface area contributed by atoms with E-state index < -0.39 is 53.8 Å². The number of rotatable bonds is 12. The van der Waals surface area contributed by atoms with Crippen molar-refractivity contribution >= 4 is 44.1 Å². The van der Waals surface area contributed by atoms with Gasteiger partial charge in [-0.1, -0.05) is 0 Å². The van der Waals surface area contributed by atoms with E-state index in [0.717, 1.165) is 0 Å². The first-order valence-corrected chi connectivity index (χ1v) is 46.2. The summed E-state index contributed by atoms with van der Waals surface area (Å²) in [5.74, 6) is -1.76. The summed E-state index contributed by atoms with van der Waals surface area (Å²) in [6, 6.07) is 59.5. The Morgan fingerprint density at radius 3 is 0.803 bits per heavy atom. The Morgan fingerprint density at radius 2 is 0.591 bits per heavy atom. The summed E-state index contributed by atoms with van der Waals surface area (Å²) in [4.78, 5) is 0. The minimum atomic E-state index is -2.59. The van der Waals surface area contributed by atoms with Crippen LogP contribution in [0, 0.1) is 39.5 Å². The summed E-state index contributed by atoms with van der Waals surface area (Å²) in [5, 5.41) is 6.31. The van der Waals surface area contributed by atoms with E-state index in [-0.39, 0.29) is 24.8 Å². The van der Waals surface area contributed by atoms with Crippen molar-refractivity contribution in [3.8, 4) is 0 Å². The number of aryl methyl sites for hydroxylation is 4. The second-order valence-electron chi connectivity index (χ2n) is 18.5. The maximum Gasteiger partial charge on any atom is -1.00 e. The van der Waals surface area contributed by atoms with Gasteiger partial charge >= 0.3 is 407 Å². The molecule has 0 bridgehead atoms. The van der Waals surface area contributed by atoms with E-state index in [9.17, 15) is 0 Å². The van der Waals surface area contributed by atoms with Crippen molar-refractivity contribution in [2.75, 3.05) is 6.61 Å². The van der Waals surface area contributed by atoms with E-state index in [1.165, 1.54) is 44.8 Å². The predicted molar refractivity (Wildman–Crippen MR) is 278 cm³/mol. The van der Waals surface area contributed by atoms with Crippen molar-refractivity contribution in [3.63, 3.8) is 0 Å². The molecule has 2 nitrogen and oxygen atoms in total. The zero-order valence-corrected chi connectivity index (χ0v) is 52.1. The standard InChI is InChI=1S/2C12H11Si.2C9H13.2C8H10N.2ClH.2Hf/c2*1-3-7-11(8-4-1)13-12-9-5-2-6-10-12;2*1-6-5-7(2)9(4)8(6)3;2*1-6-3-7(2)5-8(9)4-6;;;;/h2*1-10,13H;2*6H,1-4H3;2*3-5,9H,1-2H3;2*1H;;/q;;;;2*-1;;;2*+2/p-2. The molecule has 66 heavy (non-hydrogen) atoms. The third kappa shape index (κ3) is 12.3. The summed E-state index contributed by atoms with van der Waals surface area (Å²) in [7, 11) is 0. The van der Waals surface area contributed by atoms with Crippen LogP contribution in [0.15, 0.2) is 198 Å². The molecule has 2 N–H and O–H groups in total. The molecule has 0 fully saturated rings. The molecule has 8 rings (SSSR count). The molecule has 0 aliphatic heterocycles. The van der Waals surface area contributed by atoms with Crippen LogP contribution in [0.25, 0.3) is 0 Å². The van der Waals surface area contributed by atoms with Gasteiger partial charge in [-0.05, 0) is 0 Å². The first-order chi connectivity index (χ1) is 30.7. The molecule has 0 amide bonds. The molecule has 2 atom stereocenters. The zero-order valence-electron chi connectivity index (χ0n) is 41.1. The van der Waals surface area contributed by atoms with Crippen LogP contribution in [0.1, 0.15) is 77.6 Å². The first kappa shape index (κ1) is 53.6. The van der Waals surface area contributed by atoms with Gasteiger partial charge in [-0.25, -0.2) is 0 Å². The summed E-state index contributed by atoms with van der Waals surface area (Å²) >= 11 is -5.18. The fraction of sp³-hybridized carbons (Fsp3) is 0.241. The van der Waals surface area contributed by atoms with Gasteiger partial charge in [0.1, 0.15) is 0 Å². The van der Waals surface area contributed by atoms with Gasteiger partial charge < -0.3 is 24.8 Å².